The fourth-order valence-corrected chi connectivity index (χ4v) is 3.07. The van der Waals surface area contributed by atoms with Gasteiger partial charge in [0.05, 0.1) is 6.20 Å². The van der Waals surface area contributed by atoms with E-state index >= 15 is 0 Å². The number of halogens is 1. The Morgan fingerprint density at radius 3 is 2.60 bits per heavy atom. The van der Waals surface area contributed by atoms with E-state index in [-0.39, 0.29) is 17.2 Å². The molecule has 3 heterocycles. The highest BCUT2D eigenvalue weighted by atomic mass is 32.1. The monoisotopic (exact) mass is 430 g/mol. The van der Waals surface area contributed by atoms with Crippen LogP contribution >= 0.6 is 11.3 Å². The minimum atomic E-state index is -1.18. The Bertz CT molecular complexity index is 1170. The Hall–Kier alpha value is -3.93. The summed E-state index contributed by atoms with van der Waals surface area (Å²) in [5, 5.41) is 19.1. The van der Waals surface area contributed by atoms with E-state index in [1.165, 1.54) is 53.5 Å². The Morgan fingerprint density at radius 2 is 2.03 bits per heavy atom. The third-order valence-corrected chi connectivity index (χ3v) is 4.45. The van der Waals surface area contributed by atoms with E-state index in [0.29, 0.717) is 23.6 Å². The average molecular weight is 430 g/mol. The topological polar surface area (TPSA) is 150 Å². The molecule has 12 heteroatoms. The molecular formula is C18H15FN6O4S. The molecule has 30 heavy (non-hydrogen) atoms. The summed E-state index contributed by atoms with van der Waals surface area (Å²) in [6.45, 7) is 1.93. The molecule has 0 aliphatic rings. The SMILES string of the molecule is CC(=O)c1csc(Cn2ncc(N)n2)n1.O=C(O)c1ncoc1-c1ccc(F)cc1. The molecule has 1 aromatic carbocycles. The fourth-order valence-electron chi connectivity index (χ4n) is 2.26. The third kappa shape index (κ3) is 5.11. The predicted molar refractivity (Wildman–Crippen MR) is 105 cm³/mol. The number of aromatic nitrogens is 5. The van der Waals surface area contributed by atoms with Gasteiger partial charge in [0.25, 0.3) is 0 Å². The van der Waals surface area contributed by atoms with Crippen LogP contribution in [0.25, 0.3) is 11.3 Å². The van der Waals surface area contributed by atoms with Gasteiger partial charge in [-0.3, -0.25) is 4.79 Å². The first-order valence-corrected chi connectivity index (χ1v) is 9.25. The summed E-state index contributed by atoms with van der Waals surface area (Å²) in [4.78, 5) is 30.9. The van der Waals surface area contributed by atoms with Crippen molar-refractivity contribution in [2.45, 2.75) is 13.5 Å². The number of nitrogens with two attached hydrogens (primary N) is 1. The smallest absolute Gasteiger partial charge is 0.358 e. The molecule has 0 aliphatic carbocycles. The Kier molecular flexibility index (Phi) is 6.27. The molecule has 0 saturated carbocycles. The van der Waals surface area contributed by atoms with Crippen LogP contribution in [0.3, 0.4) is 0 Å². The van der Waals surface area contributed by atoms with E-state index in [1.807, 2.05) is 0 Å². The quantitative estimate of drug-likeness (QED) is 0.455. The predicted octanol–water partition coefficient (Wildman–Crippen LogP) is 2.75. The van der Waals surface area contributed by atoms with Crippen LogP contribution in [0.5, 0.6) is 0 Å². The van der Waals surface area contributed by atoms with Gasteiger partial charge in [-0.15, -0.1) is 16.4 Å². The van der Waals surface area contributed by atoms with Crippen LogP contribution in [0, 0.1) is 5.82 Å². The number of aromatic carboxylic acids is 1. The van der Waals surface area contributed by atoms with Crippen LogP contribution in [0.15, 0.2) is 46.7 Å². The first-order valence-electron chi connectivity index (χ1n) is 8.37. The van der Waals surface area contributed by atoms with Gasteiger partial charge >= 0.3 is 5.97 Å². The number of benzene rings is 1. The number of thiazole rings is 1. The van der Waals surface area contributed by atoms with Crippen molar-refractivity contribution in [2.24, 2.45) is 0 Å². The number of oxazole rings is 1. The van der Waals surface area contributed by atoms with Crippen molar-refractivity contribution in [1.82, 2.24) is 25.0 Å². The molecule has 0 radical (unpaired) electrons. The van der Waals surface area contributed by atoms with Gasteiger partial charge in [-0.1, -0.05) is 0 Å². The normalized spacial score (nSPS) is 10.3. The number of carbonyl (C=O) groups is 2. The van der Waals surface area contributed by atoms with Crippen LogP contribution in [-0.2, 0) is 6.54 Å². The number of ketones is 1. The molecule has 0 amide bonds. The largest absolute Gasteiger partial charge is 0.476 e. The molecule has 0 unspecified atom stereocenters. The number of hydrogen-bond donors (Lipinski definition) is 2. The standard InChI is InChI=1S/C10H6FNO3.C8H9N5OS/c11-7-3-1-6(2-4-7)9-8(10(13)14)12-5-15-9;1-5(14)6-4-15-8(11-6)3-13-10-2-7(9)12-13/h1-5H,(H,13,14);2,4H,3H2,1H3,(H2,9,12). The van der Waals surface area contributed by atoms with E-state index in [1.54, 1.807) is 5.38 Å². The second kappa shape index (κ2) is 9.05. The number of nitrogen functional groups attached to an aromatic ring is 1. The van der Waals surface area contributed by atoms with Crippen LogP contribution in [-0.4, -0.2) is 41.8 Å². The average Bonchev–Trinajstić information content (AvgIpc) is 3.44. The molecule has 4 rings (SSSR count). The maximum absolute atomic E-state index is 12.6. The molecular weight excluding hydrogens is 415 g/mol. The van der Waals surface area contributed by atoms with Gasteiger partial charge in [0.2, 0.25) is 0 Å². The number of carboxylic acid groups (broad SMARTS) is 1. The second-order valence-corrected chi connectivity index (χ2v) is 6.77. The summed E-state index contributed by atoms with van der Waals surface area (Å²) in [5.74, 6) is -1.11. The maximum atomic E-state index is 12.6. The summed E-state index contributed by atoms with van der Waals surface area (Å²) in [6, 6.07) is 5.32. The van der Waals surface area contributed by atoms with Gasteiger partial charge in [0, 0.05) is 17.9 Å². The van der Waals surface area contributed by atoms with Crippen molar-refractivity contribution < 1.29 is 23.5 Å². The van der Waals surface area contributed by atoms with Crippen molar-refractivity contribution in [3.63, 3.8) is 0 Å². The lowest BCUT2D eigenvalue weighted by Crippen LogP contribution is -2.04. The van der Waals surface area contributed by atoms with Crippen molar-refractivity contribution >= 4 is 28.9 Å². The highest BCUT2D eigenvalue weighted by molar-refractivity contribution is 7.09. The van der Waals surface area contributed by atoms with Crippen molar-refractivity contribution in [3.05, 3.63) is 64.4 Å². The molecule has 0 fully saturated rings. The molecule has 10 nitrogen and oxygen atoms in total. The van der Waals surface area contributed by atoms with Crippen LogP contribution in [0.2, 0.25) is 0 Å². The molecule has 0 bridgehead atoms. The van der Waals surface area contributed by atoms with Gasteiger partial charge in [0.15, 0.2) is 29.4 Å². The summed E-state index contributed by atoms with van der Waals surface area (Å²) in [7, 11) is 0. The minimum absolute atomic E-state index is 0.0366. The number of Topliss-reactive ketones (excluding diaryl/α,β-unsaturated/α-hetero) is 1. The zero-order valence-corrected chi connectivity index (χ0v) is 16.3. The summed E-state index contributed by atoms with van der Waals surface area (Å²) < 4.78 is 17.6. The van der Waals surface area contributed by atoms with E-state index in [9.17, 15) is 14.0 Å². The first-order chi connectivity index (χ1) is 14.3. The van der Waals surface area contributed by atoms with Crippen LogP contribution < -0.4 is 5.73 Å². The molecule has 0 spiro atoms. The second-order valence-electron chi connectivity index (χ2n) is 5.82. The number of anilines is 1. The number of nitrogens with zero attached hydrogens (tertiary/aromatic N) is 5. The molecule has 4 aromatic rings. The van der Waals surface area contributed by atoms with Crippen LogP contribution in [0.1, 0.15) is 32.9 Å². The first kappa shape index (κ1) is 20.8. The Morgan fingerprint density at radius 1 is 1.30 bits per heavy atom. The summed E-state index contributed by atoms with van der Waals surface area (Å²) in [5.41, 5.74) is 6.20. The van der Waals surface area contributed by atoms with E-state index in [4.69, 9.17) is 15.3 Å². The van der Waals surface area contributed by atoms with Crippen molar-refractivity contribution in [2.75, 3.05) is 5.73 Å². The highest BCUT2D eigenvalue weighted by Crippen LogP contribution is 2.23. The fraction of sp³-hybridized carbons (Fsp3) is 0.111. The van der Waals surface area contributed by atoms with Gasteiger partial charge in [-0.2, -0.15) is 9.90 Å². The maximum Gasteiger partial charge on any atom is 0.358 e. The summed E-state index contributed by atoms with van der Waals surface area (Å²) in [6.07, 6.45) is 2.52. The van der Waals surface area contributed by atoms with Crippen LogP contribution in [0.4, 0.5) is 10.2 Å². The van der Waals surface area contributed by atoms with Gasteiger partial charge in [-0.25, -0.2) is 19.2 Å². The lowest BCUT2D eigenvalue weighted by molar-refractivity contribution is 0.0691. The van der Waals surface area contributed by atoms with E-state index < -0.39 is 11.8 Å². The highest BCUT2D eigenvalue weighted by Gasteiger charge is 2.16. The number of rotatable bonds is 5. The Labute approximate surface area is 172 Å². The molecule has 3 N–H and O–H groups in total. The number of carbonyl (C=O) groups excluding carboxylic acids is 1. The van der Waals surface area contributed by atoms with E-state index in [0.717, 1.165) is 11.4 Å². The van der Waals surface area contributed by atoms with Gasteiger partial charge in [0.1, 0.15) is 23.1 Å². The lowest BCUT2D eigenvalue weighted by Gasteiger charge is -1.97. The zero-order chi connectivity index (χ0) is 21.7. The van der Waals surface area contributed by atoms with Gasteiger partial charge in [-0.05, 0) is 24.3 Å². The molecule has 0 aliphatic heterocycles. The van der Waals surface area contributed by atoms with Crippen molar-refractivity contribution in [1.29, 1.82) is 0 Å². The van der Waals surface area contributed by atoms with E-state index in [2.05, 4.69) is 20.2 Å². The lowest BCUT2D eigenvalue weighted by atomic mass is 10.1. The summed E-state index contributed by atoms with van der Waals surface area (Å²) >= 11 is 1.41. The molecule has 3 aromatic heterocycles. The molecule has 0 atom stereocenters. The number of hydrogen-bond acceptors (Lipinski definition) is 9. The number of carboxylic acids is 1. The Balaban J connectivity index is 0.000000171. The molecule has 0 saturated heterocycles. The zero-order valence-electron chi connectivity index (χ0n) is 15.5. The van der Waals surface area contributed by atoms with Crippen molar-refractivity contribution in [3.8, 4) is 11.3 Å². The molecule has 154 valence electrons. The third-order valence-electron chi connectivity index (χ3n) is 3.62. The van der Waals surface area contributed by atoms with Gasteiger partial charge < -0.3 is 15.3 Å². The minimum Gasteiger partial charge on any atom is -0.476 e.